The molecule has 5 nitrogen and oxygen atoms in total. The fraction of sp³-hybridized carbons (Fsp3) is 0.211. The number of nitrogens with one attached hydrogen (secondary N) is 2. The van der Waals surface area contributed by atoms with Gasteiger partial charge in [-0.2, -0.15) is 0 Å². The lowest BCUT2D eigenvalue weighted by Gasteiger charge is -2.10. The molecule has 5 heteroatoms. The van der Waals surface area contributed by atoms with Crippen molar-refractivity contribution in [3.05, 3.63) is 59.3 Å². The zero-order valence-electron chi connectivity index (χ0n) is 14.0. The summed E-state index contributed by atoms with van der Waals surface area (Å²) in [4.78, 5) is 15.6. The van der Waals surface area contributed by atoms with Gasteiger partial charge in [0, 0.05) is 23.3 Å². The summed E-state index contributed by atoms with van der Waals surface area (Å²) in [5.74, 6) is 0.984. The maximum Gasteiger partial charge on any atom is 0.251 e. The average Bonchev–Trinajstić information content (AvgIpc) is 2.98. The topological polar surface area (TPSA) is 63.3 Å². The van der Waals surface area contributed by atoms with Gasteiger partial charge in [-0.25, -0.2) is 0 Å². The smallest absolute Gasteiger partial charge is 0.251 e. The number of methoxy groups -OCH3 is 2. The minimum absolute atomic E-state index is 0.152. The molecule has 24 heavy (non-hydrogen) atoms. The van der Waals surface area contributed by atoms with Crippen molar-refractivity contribution in [2.75, 3.05) is 14.2 Å². The standard InChI is InChI=1S/C19H20N2O3/c1-12-8-15-9-13(4-6-16(15)21-12)11-20-19(22)14-5-7-17(23-2)18(10-14)24-3/h4-10,21H,11H2,1-3H3,(H,20,22). The summed E-state index contributed by atoms with van der Waals surface area (Å²) in [5.41, 5.74) is 3.81. The summed E-state index contributed by atoms with van der Waals surface area (Å²) in [6.45, 7) is 2.49. The number of hydrogen-bond acceptors (Lipinski definition) is 3. The largest absolute Gasteiger partial charge is 0.493 e. The predicted octanol–water partition coefficient (Wildman–Crippen LogP) is 3.42. The van der Waals surface area contributed by atoms with Crippen LogP contribution in [0.1, 0.15) is 21.6 Å². The van der Waals surface area contributed by atoms with Crippen LogP contribution in [0.5, 0.6) is 11.5 Å². The first kappa shape index (κ1) is 15.9. The van der Waals surface area contributed by atoms with Gasteiger partial charge in [-0.1, -0.05) is 6.07 Å². The molecule has 0 aliphatic rings. The fourth-order valence-electron chi connectivity index (χ4n) is 2.70. The number of H-pyrrole nitrogens is 1. The van der Waals surface area contributed by atoms with E-state index in [1.54, 1.807) is 32.4 Å². The molecule has 2 aromatic carbocycles. The van der Waals surface area contributed by atoms with Gasteiger partial charge in [-0.3, -0.25) is 4.79 Å². The average molecular weight is 324 g/mol. The molecule has 0 bridgehead atoms. The molecule has 1 heterocycles. The second-order valence-corrected chi connectivity index (χ2v) is 5.63. The van der Waals surface area contributed by atoms with E-state index in [0.29, 0.717) is 23.6 Å². The number of benzene rings is 2. The first-order chi connectivity index (χ1) is 11.6. The highest BCUT2D eigenvalue weighted by molar-refractivity contribution is 5.95. The Morgan fingerprint density at radius 3 is 2.58 bits per heavy atom. The van der Waals surface area contributed by atoms with Crippen LogP contribution in [-0.2, 0) is 6.54 Å². The summed E-state index contributed by atoms with van der Waals surface area (Å²) < 4.78 is 10.4. The molecule has 0 radical (unpaired) electrons. The second kappa shape index (κ2) is 6.66. The van der Waals surface area contributed by atoms with Crippen LogP contribution in [0, 0.1) is 6.92 Å². The third-order valence-electron chi connectivity index (χ3n) is 3.92. The molecule has 3 aromatic rings. The number of aryl methyl sites for hydroxylation is 1. The van der Waals surface area contributed by atoms with Crippen molar-refractivity contribution in [1.29, 1.82) is 0 Å². The molecule has 124 valence electrons. The van der Waals surface area contributed by atoms with E-state index in [9.17, 15) is 4.79 Å². The molecule has 2 N–H and O–H groups in total. The molecule has 1 aromatic heterocycles. The van der Waals surface area contributed by atoms with Gasteiger partial charge in [0.15, 0.2) is 11.5 Å². The van der Waals surface area contributed by atoms with Crippen molar-refractivity contribution >= 4 is 16.8 Å². The van der Waals surface area contributed by atoms with Crippen molar-refractivity contribution in [1.82, 2.24) is 10.3 Å². The third kappa shape index (κ3) is 3.20. The van der Waals surface area contributed by atoms with Gasteiger partial charge in [0.1, 0.15) is 0 Å². The highest BCUT2D eigenvalue weighted by Gasteiger charge is 2.10. The van der Waals surface area contributed by atoms with Gasteiger partial charge in [0.2, 0.25) is 0 Å². The van der Waals surface area contributed by atoms with Gasteiger partial charge < -0.3 is 19.8 Å². The molecule has 0 unspecified atom stereocenters. The van der Waals surface area contributed by atoms with Gasteiger partial charge in [0.05, 0.1) is 14.2 Å². The van der Waals surface area contributed by atoms with Crippen molar-refractivity contribution in [2.24, 2.45) is 0 Å². The van der Waals surface area contributed by atoms with Crippen LogP contribution in [-0.4, -0.2) is 25.1 Å². The van der Waals surface area contributed by atoms with Crippen LogP contribution in [0.25, 0.3) is 10.9 Å². The molecule has 0 saturated heterocycles. The van der Waals surface area contributed by atoms with Crippen LogP contribution >= 0.6 is 0 Å². The zero-order chi connectivity index (χ0) is 17.1. The quantitative estimate of drug-likeness (QED) is 0.756. The molecule has 0 aliphatic heterocycles. The maximum atomic E-state index is 12.3. The number of hydrogen-bond donors (Lipinski definition) is 2. The van der Waals surface area contributed by atoms with Crippen LogP contribution in [0.2, 0.25) is 0 Å². The van der Waals surface area contributed by atoms with Crippen molar-refractivity contribution in [3.63, 3.8) is 0 Å². The number of rotatable bonds is 5. The summed E-state index contributed by atoms with van der Waals surface area (Å²) in [6.07, 6.45) is 0. The Kier molecular flexibility index (Phi) is 4.42. The Hall–Kier alpha value is -2.95. The Labute approximate surface area is 140 Å². The van der Waals surface area contributed by atoms with Crippen LogP contribution in [0.15, 0.2) is 42.5 Å². The highest BCUT2D eigenvalue weighted by Crippen LogP contribution is 2.27. The van der Waals surface area contributed by atoms with E-state index >= 15 is 0 Å². The Morgan fingerprint density at radius 1 is 1.04 bits per heavy atom. The van der Waals surface area contributed by atoms with Gasteiger partial charge >= 0.3 is 0 Å². The number of carbonyl (C=O) groups excluding carboxylic acids is 1. The van der Waals surface area contributed by atoms with Gasteiger partial charge in [-0.05, 0) is 54.3 Å². The van der Waals surface area contributed by atoms with E-state index in [4.69, 9.17) is 9.47 Å². The molecule has 0 fully saturated rings. The van der Waals surface area contributed by atoms with Crippen LogP contribution in [0.3, 0.4) is 0 Å². The second-order valence-electron chi connectivity index (χ2n) is 5.63. The van der Waals surface area contributed by atoms with Crippen molar-refractivity contribution in [2.45, 2.75) is 13.5 Å². The molecule has 0 atom stereocenters. The molecule has 0 aliphatic carbocycles. The molecular weight excluding hydrogens is 304 g/mol. The fourth-order valence-corrected chi connectivity index (χ4v) is 2.70. The van der Waals surface area contributed by atoms with E-state index in [-0.39, 0.29) is 5.91 Å². The summed E-state index contributed by atoms with van der Waals surface area (Å²) in [5, 5.41) is 4.07. The maximum absolute atomic E-state index is 12.3. The minimum atomic E-state index is -0.152. The Morgan fingerprint density at radius 2 is 1.83 bits per heavy atom. The van der Waals surface area contributed by atoms with E-state index in [2.05, 4.69) is 22.4 Å². The van der Waals surface area contributed by atoms with Crippen LogP contribution < -0.4 is 14.8 Å². The summed E-state index contributed by atoms with van der Waals surface area (Å²) >= 11 is 0. The predicted molar refractivity (Wildman–Crippen MR) is 93.8 cm³/mol. The SMILES string of the molecule is COc1ccc(C(=O)NCc2ccc3[nH]c(C)cc3c2)cc1OC. The van der Waals surface area contributed by atoms with Crippen molar-refractivity contribution < 1.29 is 14.3 Å². The molecule has 3 rings (SSSR count). The monoisotopic (exact) mass is 324 g/mol. The summed E-state index contributed by atoms with van der Waals surface area (Å²) in [7, 11) is 3.12. The normalized spacial score (nSPS) is 10.6. The van der Waals surface area contributed by atoms with E-state index in [1.807, 2.05) is 19.1 Å². The van der Waals surface area contributed by atoms with E-state index in [1.165, 1.54) is 0 Å². The Balaban J connectivity index is 1.72. The number of fused-ring (bicyclic) bond motifs is 1. The molecule has 0 spiro atoms. The van der Waals surface area contributed by atoms with E-state index < -0.39 is 0 Å². The van der Waals surface area contributed by atoms with Gasteiger partial charge in [0.25, 0.3) is 5.91 Å². The highest BCUT2D eigenvalue weighted by atomic mass is 16.5. The first-order valence-corrected chi connectivity index (χ1v) is 7.69. The number of aromatic nitrogens is 1. The third-order valence-corrected chi connectivity index (χ3v) is 3.92. The number of ether oxygens (including phenoxy) is 2. The molecule has 0 saturated carbocycles. The lowest BCUT2D eigenvalue weighted by molar-refractivity contribution is 0.0950. The number of aromatic amines is 1. The van der Waals surface area contributed by atoms with Crippen LogP contribution in [0.4, 0.5) is 0 Å². The number of amides is 1. The molecule has 1 amide bonds. The molecular formula is C19H20N2O3. The Bertz CT molecular complexity index is 883. The number of carbonyl (C=O) groups is 1. The minimum Gasteiger partial charge on any atom is -0.493 e. The summed E-state index contributed by atoms with van der Waals surface area (Å²) in [6, 6.07) is 13.3. The lowest BCUT2D eigenvalue weighted by Crippen LogP contribution is -2.22. The van der Waals surface area contributed by atoms with E-state index in [0.717, 1.165) is 22.2 Å². The zero-order valence-corrected chi connectivity index (χ0v) is 14.0. The lowest BCUT2D eigenvalue weighted by atomic mass is 10.1. The van der Waals surface area contributed by atoms with Gasteiger partial charge in [-0.15, -0.1) is 0 Å². The first-order valence-electron chi connectivity index (χ1n) is 7.69. The van der Waals surface area contributed by atoms with Crippen molar-refractivity contribution in [3.8, 4) is 11.5 Å².